The van der Waals surface area contributed by atoms with E-state index in [0.29, 0.717) is 30.4 Å². The number of nitrogens with zero attached hydrogens (tertiary/aromatic N) is 1. The second-order valence-corrected chi connectivity index (χ2v) is 5.91. The van der Waals surface area contributed by atoms with Crippen LogP contribution in [0.15, 0.2) is 23.2 Å². The second kappa shape index (κ2) is 15.4. The number of carbonyl (C=O) groups is 1. The molecule has 0 atom stereocenters. The van der Waals surface area contributed by atoms with E-state index in [1.807, 2.05) is 18.2 Å². The van der Waals surface area contributed by atoms with Crippen molar-refractivity contribution in [3.8, 4) is 11.5 Å². The molecule has 3 N–H and O–H groups in total. The number of rotatable bonds is 12. The summed E-state index contributed by atoms with van der Waals surface area (Å²) in [5, 5.41) is 3.12. The summed E-state index contributed by atoms with van der Waals surface area (Å²) >= 11 is 0. The molecule has 1 aromatic carbocycles. The highest BCUT2D eigenvalue weighted by Crippen LogP contribution is 2.27. The molecule has 0 aromatic heterocycles. The molecule has 0 heterocycles. The molecule has 1 rings (SSSR count). The number of unbranched alkanes of at least 4 members (excludes halogenated alkanes) is 4. The molecule has 0 aliphatic heterocycles. The minimum absolute atomic E-state index is 0. The summed E-state index contributed by atoms with van der Waals surface area (Å²) in [5.41, 5.74) is 6.89. The van der Waals surface area contributed by atoms with Gasteiger partial charge in [-0.25, -0.2) is 4.99 Å². The van der Waals surface area contributed by atoms with Gasteiger partial charge in [0, 0.05) is 13.0 Å². The number of hydrogen-bond acceptors (Lipinski definition) is 5. The summed E-state index contributed by atoms with van der Waals surface area (Å²) in [6, 6.07) is 5.68. The van der Waals surface area contributed by atoms with E-state index in [9.17, 15) is 4.79 Å². The highest BCUT2D eigenvalue weighted by molar-refractivity contribution is 14.0. The van der Waals surface area contributed by atoms with Crippen LogP contribution < -0.4 is 20.5 Å². The Bertz CT molecular complexity index is 582. The Labute approximate surface area is 179 Å². The molecule has 0 saturated carbocycles. The molecule has 154 valence electrons. The lowest BCUT2D eigenvalue weighted by Gasteiger charge is -2.09. The van der Waals surface area contributed by atoms with E-state index in [1.165, 1.54) is 7.11 Å². The van der Waals surface area contributed by atoms with E-state index in [0.717, 1.165) is 44.2 Å². The van der Waals surface area contributed by atoms with Gasteiger partial charge in [0.2, 0.25) is 0 Å². The van der Waals surface area contributed by atoms with Crippen molar-refractivity contribution in [2.45, 2.75) is 45.1 Å². The second-order valence-electron chi connectivity index (χ2n) is 5.91. The van der Waals surface area contributed by atoms with Gasteiger partial charge in [-0.1, -0.05) is 25.3 Å². The summed E-state index contributed by atoms with van der Waals surface area (Å²) in [5.74, 6) is 1.67. The van der Waals surface area contributed by atoms with Crippen LogP contribution in [0.25, 0.3) is 0 Å². The number of methoxy groups -OCH3 is 3. The maximum absolute atomic E-state index is 11.0. The zero-order valence-electron chi connectivity index (χ0n) is 16.5. The number of hydrogen-bond donors (Lipinski definition) is 2. The first kappa shape index (κ1) is 25.3. The van der Waals surface area contributed by atoms with Crippen molar-refractivity contribution >= 4 is 35.9 Å². The smallest absolute Gasteiger partial charge is 0.305 e. The Kier molecular flexibility index (Phi) is 14.4. The fourth-order valence-corrected chi connectivity index (χ4v) is 2.45. The Balaban J connectivity index is 0.00000676. The molecule has 0 bridgehead atoms. The van der Waals surface area contributed by atoms with Crippen molar-refractivity contribution in [2.75, 3.05) is 27.9 Å². The molecule has 0 fully saturated rings. The van der Waals surface area contributed by atoms with Gasteiger partial charge in [0.25, 0.3) is 0 Å². The van der Waals surface area contributed by atoms with Crippen molar-refractivity contribution in [3.63, 3.8) is 0 Å². The standard InChI is InChI=1S/C19H31N3O4.HI/c1-24-16-11-10-15(13-17(16)25-2)14-22-19(20)21-12-8-6-4-5-7-9-18(23)26-3;/h10-11,13H,4-9,12,14H2,1-3H3,(H3,20,21,22);1H. The van der Waals surface area contributed by atoms with Crippen LogP contribution in [-0.2, 0) is 16.1 Å². The van der Waals surface area contributed by atoms with E-state index in [2.05, 4.69) is 15.0 Å². The fourth-order valence-electron chi connectivity index (χ4n) is 2.45. The van der Waals surface area contributed by atoms with Gasteiger partial charge < -0.3 is 25.3 Å². The van der Waals surface area contributed by atoms with Crippen LogP contribution in [0.3, 0.4) is 0 Å². The highest BCUT2D eigenvalue weighted by atomic mass is 127. The third kappa shape index (κ3) is 10.9. The van der Waals surface area contributed by atoms with Gasteiger partial charge >= 0.3 is 5.97 Å². The molecular formula is C19H32IN3O4. The molecular weight excluding hydrogens is 461 g/mol. The SMILES string of the molecule is COC(=O)CCCCCCCNC(N)=NCc1ccc(OC)c(OC)c1.I. The van der Waals surface area contributed by atoms with Gasteiger partial charge in [-0.3, -0.25) is 4.79 Å². The monoisotopic (exact) mass is 493 g/mol. The molecule has 7 nitrogen and oxygen atoms in total. The Morgan fingerprint density at radius 2 is 1.70 bits per heavy atom. The minimum Gasteiger partial charge on any atom is -0.493 e. The number of ether oxygens (including phenoxy) is 3. The zero-order valence-corrected chi connectivity index (χ0v) is 18.8. The third-order valence-corrected chi connectivity index (χ3v) is 3.97. The first-order valence-electron chi connectivity index (χ1n) is 8.92. The predicted octanol–water partition coefficient (Wildman–Crippen LogP) is 3.24. The Morgan fingerprint density at radius 1 is 1.04 bits per heavy atom. The van der Waals surface area contributed by atoms with Crippen LogP contribution in [0.4, 0.5) is 0 Å². The summed E-state index contributed by atoms with van der Waals surface area (Å²) < 4.78 is 15.1. The highest BCUT2D eigenvalue weighted by Gasteiger charge is 2.04. The lowest BCUT2D eigenvalue weighted by molar-refractivity contribution is -0.140. The average Bonchev–Trinajstić information content (AvgIpc) is 2.67. The lowest BCUT2D eigenvalue weighted by atomic mass is 10.1. The van der Waals surface area contributed by atoms with Crippen LogP contribution in [0.2, 0.25) is 0 Å². The fraction of sp³-hybridized carbons (Fsp3) is 0.579. The van der Waals surface area contributed by atoms with E-state index in [1.54, 1.807) is 14.2 Å². The number of nitrogens with one attached hydrogen (secondary N) is 1. The molecule has 0 saturated heterocycles. The molecule has 0 radical (unpaired) electrons. The number of halogens is 1. The number of nitrogens with two attached hydrogens (primary N) is 1. The van der Waals surface area contributed by atoms with Gasteiger partial charge in [0.1, 0.15) is 0 Å². The average molecular weight is 493 g/mol. The van der Waals surface area contributed by atoms with Crippen molar-refractivity contribution in [3.05, 3.63) is 23.8 Å². The molecule has 27 heavy (non-hydrogen) atoms. The number of carbonyl (C=O) groups excluding carboxylic acids is 1. The molecule has 0 spiro atoms. The van der Waals surface area contributed by atoms with Gasteiger partial charge in [0.15, 0.2) is 17.5 Å². The van der Waals surface area contributed by atoms with Crippen molar-refractivity contribution in [1.29, 1.82) is 0 Å². The number of esters is 1. The molecule has 8 heteroatoms. The Morgan fingerprint density at radius 3 is 2.37 bits per heavy atom. The number of aliphatic imine (C=N–C) groups is 1. The van der Waals surface area contributed by atoms with Crippen molar-refractivity contribution < 1.29 is 19.0 Å². The van der Waals surface area contributed by atoms with Crippen LogP contribution in [-0.4, -0.2) is 39.8 Å². The summed E-state index contributed by atoms with van der Waals surface area (Å²) in [6.07, 6.45) is 5.64. The predicted molar refractivity (Wildman–Crippen MR) is 118 cm³/mol. The van der Waals surface area contributed by atoms with Gasteiger partial charge in [-0.2, -0.15) is 0 Å². The summed E-state index contributed by atoms with van der Waals surface area (Å²) in [6.45, 7) is 1.27. The lowest BCUT2D eigenvalue weighted by Crippen LogP contribution is -2.32. The first-order valence-corrected chi connectivity index (χ1v) is 8.92. The topological polar surface area (TPSA) is 95.2 Å². The maximum Gasteiger partial charge on any atom is 0.305 e. The van der Waals surface area contributed by atoms with E-state index >= 15 is 0 Å². The van der Waals surface area contributed by atoms with Gasteiger partial charge in [-0.05, 0) is 30.5 Å². The Hall–Kier alpha value is -1.71. The first-order chi connectivity index (χ1) is 12.6. The van der Waals surface area contributed by atoms with E-state index < -0.39 is 0 Å². The van der Waals surface area contributed by atoms with Crippen LogP contribution in [0.5, 0.6) is 11.5 Å². The molecule has 0 unspecified atom stereocenters. The van der Waals surface area contributed by atoms with Crippen LogP contribution in [0, 0.1) is 0 Å². The maximum atomic E-state index is 11.0. The summed E-state index contributed by atoms with van der Waals surface area (Å²) in [7, 11) is 4.64. The van der Waals surface area contributed by atoms with E-state index in [-0.39, 0.29) is 29.9 Å². The quantitative estimate of drug-likeness (QED) is 0.153. The normalized spacial score (nSPS) is 10.7. The molecule has 0 aliphatic carbocycles. The zero-order chi connectivity index (χ0) is 19.2. The van der Waals surface area contributed by atoms with Gasteiger partial charge in [0.05, 0.1) is 27.9 Å². The third-order valence-electron chi connectivity index (χ3n) is 3.97. The van der Waals surface area contributed by atoms with Gasteiger partial charge in [-0.15, -0.1) is 24.0 Å². The minimum atomic E-state index is -0.134. The summed E-state index contributed by atoms with van der Waals surface area (Å²) in [4.78, 5) is 15.3. The molecule has 0 aliphatic rings. The largest absolute Gasteiger partial charge is 0.493 e. The van der Waals surface area contributed by atoms with Crippen molar-refractivity contribution in [2.24, 2.45) is 10.7 Å². The van der Waals surface area contributed by atoms with E-state index in [4.69, 9.17) is 15.2 Å². The van der Waals surface area contributed by atoms with Crippen molar-refractivity contribution in [1.82, 2.24) is 5.32 Å². The number of benzene rings is 1. The molecule has 1 aromatic rings. The number of guanidine groups is 1. The van der Waals surface area contributed by atoms with Crippen LogP contribution >= 0.6 is 24.0 Å². The molecule has 0 amide bonds. The van der Waals surface area contributed by atoms with Crippen LogP contribution in [0.1, 0.15) is 44.1 Å².